The van der Waals surface area contributed by atoms with E-state index in [2.05, 4.69) is 5.32 Å². The van der Waals surface area contributed by atoms with Crippen molar-refractivity contribution in [2.45, 2.75) is 115 Å². The minimum atomic E-state index is -1.30. The van der Waals surface area contributed by atoms with Crippen molar-refractivity contribution in [3.8, 4) is 0 Å². The molecule has 14 nitrogen and oxygen atoms in total. The first kappa shape index (κ1) is 55.4. The molecule has 0 aromatic carbocycles. The fourth-order valence-electron chi connectivity index (χ4n) is 4.76. The van der Waals surface area contributed by atoms with Crippen LogP contribution in [0.25, 0.3) is 0 Å². The van der Waals surface area contributed by atoms with Crippen molar-refractivity contribution in [3.63, 3.8) is 0 Å². The van der Waals surface area contributed by atoms with Crippen molar-refractivity contribution in [1.29, 1.82) is 5.41 Å². The molecule has 17 heteroatoms. The third-order valence-electron chi connectivity index (χ3n) is 9.92. The fourth-order valence-corrected chi connectivity index (χ4v) is 6.72. The van der Waals surface area contributed by atoms with Crippen molar-refractivity contribution in [1.82, 2.24) is 5.32 Å². The zero-order chi connectivity index (χ0) is 43.9. The second kappa shape index (κ2) is 28.0. The standard InChI is InChI=1S/C40H76N3O11P3/c1-13-55-37(3,4)34(46)52-27-40(28-53-35(47)38(5,6)56(9)10,29-54-36(48)39(7,8)57(11)12)26-51-25-33(45)43-20-22-50-24-23-49-21-16-19-32(44)31(42)18-15-14-17-30(2)41/h31,41,55H,13-29,42H2,1-12H3,(H,43,45). The van der Waals surface area contributed by atoms with Gasteiger partial charge in [0.15, 0.2) is 0 Å². The van der Waals surface area contributed by atoms with Crippen molar-refractivity contribution in [3.05, 3.63) is 0 Å². The second-order valence-corrected chi connectivity index (χ2v) is 24.7. The Morgan fingerprint density at radius 3 is 1.70 bits per heavy atom. The lowest BCUT2D eigenvalue weighted by Gasteiger charge is -2.36. The van der Waals surface area contributed by atoms with Crippen LogP contribution in [0.2, 0.25) is 0 Å². The van der Waals surface area contributed by atoms with Crippen LogP contribution in [0, 0.1) is 10.8 Å². The van der Waals surface area contributed by atoms with E-state index in [9.17, 15) is 24.0 Å². The van der Waals surface area contributed by atoms with Crippen LogP contribution in [0.4, 0.5) is 0 Å². The molecule has 2 unspecified atom stereocenters. The molecule has 0 rings (SSSR count). The van der Waals surface area contributed by atoms with E-state index in [1.807, 2.05) is 75.1 Å². The molecule has 57 heavy (non-hydrogen) atoms. The Morgan fingerprint density at radius 2 is 1.21 bits per heavy atom. The third-order valence-corrected chi connectivity index (χ3v) is 16.2. The molecule has 4 N–H and O–H groups in total. The lowest BCUT2D eigenvalue weighted by molar-refractivity contribution is -0.170. The molecule has 0 saturated heterocycles. The number of unbranched alkanes of at least 4 members (excludes halogenated alkanes) is 1. The normalized spacial score (nSPS) is 13.2. The number of hydrogen-bond donors (Lipinski definition) is 3. The summed E-state index contributed by atoms with van der Waals surface area (Å²) in [6, 6.07) is -0.477. The zero-order valence-electron chi connectivity index (χ0n) is 37.1. The number of hydrogen-bond acceptors (Lipinski definition) is 13. The first-order valence-electron chi connectivity index (χ1n) is 19.9. The molecule has 0 saturated carbocycles. The number of esters is 3. The van der Waals surface area contributed by atoms with Gasteiger partial charge < -0.3 is 44.9 Å². The van der Waals surface area contributed by atoms with Gasteiger partial charge in [-0.15, -0.1) is 8.58 Å². The quantitative estimate of drug-likeness (QED) is 0.0244. The molecule has 332 valence electrons. The van der Waals surface area contributed by atoms with Crippen molar-refractivity contribution < 1.29 is 52.4 Å². The molecule has 0 heterocycles. The number of ketones is 1. The van der Waals surface area contributed by atoms with Crippen LogP contribution in [0.5, 0.6) is 0 Å². The number of Topliss-reactive ketones (excluding diaryl/α,β-unsaturated/α-hetero) is 1. The van der Waals surface area contributed by atoms with Gasteiger partial charge in [-0.3, -0.25) is 24.0 Å². The summed E-state index contributed by atoms with van der Waals surface area (Å²) in [6.07, 6.45) is 4.78. The van der Waals surface area contributed by atoms with Crippen LogP contribution in [-0.2, 0) is 52.4 Å². The maximum absolute atomic E-state index is 13.3. The molecule has 0 spiro atoms. The monoisotopic (exact) mass is 867 g/mol. The smallest absolute Gasteiger partial charge is 0.315 e. The highest BCUT2D eigenvalue weighted by Gasteiger charge is 2.42. The van der Waals surface area contributed by atoms with Gasteiger partial charge in [0.05, 0.1) is 53.4 Å². The molecule has 0 aromatic heterocycles. The van der Waals surface area contributed by atoms with Gasteiger partial charge >= 0.3 is 17.9 Å². The van der Waals surface area contributed by atoms with Crippen LogP contribution in [-0.4, -0.2) is 156 Å². The van der Waals surface area contributed by atoms with E-state index in [0.29, 0.717) is 53.4 Å². The maximum Gasteiger partial charge on any atom is 0.315 e. The minimum absolute atomic E-state index is 0.0199. The summed E-state index contributed by atoms with van der Waals surface area (Å²) in [7, 11) is -1.11. The molecule has 0 aliphatic rings. The minimum Gasteiger partial charge on any atom is -0.464 e. The highest BCUT2D eigenvalue weighted by Crippen LogP contribution is 2.44. The van der Waals surface area contributed by atoms with Gasteiger partial charge in [0, 0.05) is 25.3 Å². The van der Waals surface area contributed by atoms with E-state index in [1.165, 1.54) is 0 Å². The van der Waals surface area contributed by atoms with Crippen LogP contribution >= 0.6 is 24.4 Å². The molecule has 0 radical (unpaired) electrons. The van der Waals surface area contributed by atoms with Gasteiger partial charge in [-0.05, 0) is 107 Å². The summed E-state index contributed by atoms with van der Waals surface area (Å²) in [5.74, 6) is -1.70. The molecule has 1 amide bonds. The fraction of sp³-hybridized carbons (Fsp3) is 0.850. The highest BCUT2D eigenvalue weighted by atomic mass is 31.1. The summed E-state index contributed by atoms with van der Waals surface area (Å²) in [5, 5.41) is 7.94. The molecular formula is C40H76N3O11P3. The molecule has 0 fully saturated rings. The lowest BCUT2D eigenvalue weighted by atomic mass is 9.91. The van der Waals surface area contributed by atoms with Gasteiger partial charge in [0.1, 0.15) is 32.2 Å². The molecule has 0 aliphatic heterocycles. The van der Waals surface area contributed by atoms with E-state index in [-0.39, 0.29) is 52.0 Å². The van der Waals surface area contributed by atoms with Gasteiger partial charge in [-0.2, -0.15) is 0 Å². The summed E-state index contributed by atoms with van der Waals surface area (Å²) in [5.41, 5.74) is 5.33. The summed E-state index contributed by atoms with van der Waals surface area (Å²) < 4.78 is 34.6. The average Bonchev–Trinajstić information content (AvgIpc) is 3.13. The van der Waals surface area contributed by atoms with Crippen LogP contribution in [0.1, 0.15) is 93.9 Å². The van der Waals surface area contributed by atoms with Gasteiger partial charge in [-0.25, -0.2) is 0 Å². The first-order chi connectivity index (χ1) is 26.4. The van der Waals surface area contributed by atoms with E-state index in [1.54, 1.807) is 6.92 Å². The summed E-state index contributed by atoms with van der Waals surface area (Å²) >= 11 is 0. The van der Waals surface area contributed by atoms with Gasteiger partial charge in [0.25, 0.3) is 0 Å². The molecule has 2 atom stereocenters. The molecule has 0 bridgehead atoms. The largest absolute Gasteiger partial charge is 0.464 e. The number of nitrogens with one attached hydrogen (secondary N) is 2. The topological polar surface area (TPSA) is 203 Å². The highest BCUT2D eigenvalue weighted by molar-refractivity contribution is 7.59. The Morgan fingerprint density at radius 1 is 0.702 bits per heavy atom. The van der Waals surface area contributed by atoms with Crippen molar-refractivity contribution in [2.24, 2.45) is 11.1 Å². The Bertz CT molecular complexity index is 1230. The van der Waals surface area contributed by atoms with E-state index in [4.69, 9.17) is 39.6 Å². The Labute approximate surface area is 347 Å². The number of carbonyl (C=O) groups excluding carboxylic acids is 5. The Kier molecular flexibility index (Phi) is 27.2. The van der Waals surface area contributed by atoms with E-state index < -0.39 is 66.6 Å². The Hall–Kier alpha value is -1.65. The molecule has 0 aromatic rings. The molecular weight excluding hydrogens is 791 g/mol. The van der Waals surface area contributed by atoms with Crippen LogP contribution in [0.15, 0.2) is 0 Å². The van der Waals surface area contributed by atoms with Crippen molar-refractivity contribution >= 4 is 59.7 Å². The predicted octanol–water partition coefficient (Wildman–Crippen LogP) is 5.56. The Balaban J connectivity index is 5.26. The maximum atomic E-state index is 13.3. The predicted molar refractivity (Wildman–Crippen MR) is 233 cm³/mol. The number of rotatable bonds is 33. The molecule has 0 aliphatic carbocycles. The third kappa shape index (κ3) is 22.5. The first-order valence-corrected chi connectivity index (χ1v) is 25.6. The van der Waals surface area contributed by atoms with Gasteiger partial charge in [0.2, 0.25) is 5.91 Å². The van der Waals surface area contributed by atoms with Crippen molar-refractivity contribution in [2.75, 3.05) is 98.8 Å². The van der Waals surface area contributed by atoms with Crippen LogP contribution in [0.3, 0.4) is 0 Å². The van der Waals surface area contributed by atoms with E-state index in [0.717, 1.165) is 25.4 Å². The number of amides is 1. The average molecular weight is 868 g/mol. The summed E-state index contributed by atoms with van der Waals surface area (Å²) in [6.45, 7) is 22.7. The van der Waals surface area contributed by atoms with Gasteiger partial charge in [-0.1, -0.05) is 29.2 Å². The van der Waals surface area contributed by atoms with Crippen LogP contribution < -0.4 is 11.1 Å². The SMILES string of the molecule is CCPC(C)(C)C(=O)OCC(COCC(=O)NCCOCCOCCCC(=O)C(N)CCCCC(C)=N)(COC(=O)C(C)(C)P(C)C)COC(=O)C(C)(C)P(C)C. The van der Waals surface area contributed by atoms with E-state index >= 15 is 0 Å². The number of carbonyl (C=O) groups is 5. The number of nitrogens with two attached hydrogens (primary N) is 1. The lowest BCUT2D eigenvalue weighted by Crippen LogP contribution is -2.47. The second-order valence-electron chi connectivity index (χ2n) is 16.6. The summed E-state index contributed by atoms with van der Waals surface area (Å²) in [4.78, 5) is 64.8. The number of ether oxygens (including phenoxy) is 6. The zero-order valence-corrected chi connectivity index (χ0v) is 39.8.